The van der Waals surface area contributed by atoms with Crippen LogP contribution in [0.25, 0.3) is 0 Å². The second-order valence-corrected chi connectivity index (χ2v) is 2.55. The van der Waals surface area contributed by atoms with Crippen LogP contribution < -0.4 is 0 Å². The lowest BCUT2D eigenvalue weighted by Gasteiger charge is -1.80. The quantitative estimate of drug-likeness (QED) is 0.628. The normalized spacial score (nSPS) is 8.14. The van der Waals surface area contributed by atoms with E-state index in [1.54, 1.807) is 0 Å². The van der Waals surface area contributed by atoms with Crippen molar-refractivity contribution in [3.8, 4) is 0 Å². The summed E-state index contributed by atoms with van der Waals surface area (Å²) in [5.41, 5.74) is 0. The fraction of sp³-hybridized carbons (Fsp3) is 0.500. The molecule has 0 bridgehead atoms. The molecule has 0 aliphatic rings. The molecule has 0 fully saturated rings. The maximum absolute atomic E-state index is 9.87. The van der Waals surface area contributed by atoms with Crippen LogP contribution in [0.4, 0.5) is 0 Å². The highest BCUT2D eigenvalue weighted by Crippen LogP contribution is 1.78. The Hall–Kier alpha value is -1.72. The molecule has 0 aromatic carbocycles. The minimum Gasteiger partial charge on any atom is -0.481 e. The van der Waals surface area contributed by atoms with Gasteiger partial charge in [-0.15, -0.1) is 0 Å². The summed E-state index contributed by atoms with van der Waals surface area (Å²) >= 11 is 0. The van der Waals surface area contributed by atoms with Gasteiger partial charge < -0.3 is 10.2 Å². The van der Waals surface area contributed by atoms with E-state index in [4.69, 9.17) is 10.2 Å². The van der Waals surface area contributed by atoms with Crippen LogP contribution in [0.5, 0.6) is 0 Å². The van der Waals surface area contributed by atoms with E-state index >= 15 is 0 Å². The predicted molar refractivity (Wildman–Crippen MR) is 45.9 cm³/mol. The van der Waals surface area contributed by atoms with Gasteiger partial charge in [-0.1, -0.05) is 0 Å². The highest BCUT2D eigenvalue weighted by atomic mass is 16.4. The van der Waals surface area contributed by atoms with E-state index in [0.29, 0.717) is 0 Å². The van der Waals surface area contributed by atoms with Gasteiger partial charge in [-0.25, -0.2) is 0 Å². The van der Waals surface area contributed by atoms with Crippen LogP contribution >= 0.6 is 0 Å². The van der Waals surface area contributed by atoms with Gasteiger partial charge in [0.1, 0.15) is 24.4 Å². The Morgan fingerprint density at radius 2 is 1.00 bits per heavy atom. The van der Waals surface area contributed by atoms with Crippen LogP contribution in [-0.2, 0) is 19.2 Å². The van der Waals surface area contributed by atoms with Gasteiger partial charge in [0.15, 0.2) is 0 Å². The van der Waals surface area contributed by atoms with Crippen molar-refractivity contribution in [2.24, 2.45) is 0 Å². The van der Waals surface area contributed by atoms with Gasteiger partial charge in [0, 0.05) is 0 Å². The SMILES string of the molecule is CC(=O)CC(=O)O.CC(=O)CC(=O)O. The van der Waals surface area contributed by atoms with Crippen LogP contribution in [-0.4, -0.2) is 33.7 Å². The van der Waals surface area contributed by atoms with Crippen molar-refractivity contribution in [2.45, 2.75) is 26.7 Å². The Labute approximate surface area is 80.5 Å². The predicted octanol–water partition coefficient (Wildman–Crippen LogP) is 0.100. The van der Waals surface area contributed by atoms with Gasteiger partial charge >= 0.3 is 11.9 Å². The first-order valence-electron chi connectivity index (χ1n) is 3.68. The van der Waals surface area contributed by atoms with Crippen molar-refractivity contribution in [2.75, 3.05) is 0 Å². The van der Waals surface area contributed by atoms with Gasteiger partial charge in [0.05, 0.1) is 0 Å². The zero-order valence-electron chi connectivity index (χ0n) is 7.94. The van der Waals surface area contributed by atoms with E-state index in [9.17, 15) is 19.2 Å². The highest BCUT2D eigenvalue weighted by Gasteiger charge is 1.98. The number of hydrogen-bond acceptors (Lipinski definition) is 4. The number of rotatable bonds is 4. The zero-order valence-corrected chi connectivity index (χ0v) is 7.94. The summed E-state index contributed by atoms with van der Waals surface area (Å²) in [7, 11) is 0. The molecule has 80 valence electrons. The lowest BCUT2D eigenvalue weighted by Crippen LogP contribution is -2.00. The first kappa shape index (κ1) is 14.8. The average Bonchev–Trinajstić information content (AvgIpc) is 1.79. The molecule has 6 heteroatoms. The van der Waals surface area contributed by atoms with Crippen LogP contribution in [0.15, 0.2) is 0 Å². The molecule has 0 aromatic rings. The lowest BCUT2D eigenvalue weighted by molar-refractivity contribution is -0.141. The van der Waals surface area contributed by atoms with E-state index < -0.39 is 11.9 Å². The molecular weight excluding hydrogens is 192 g/mol. The number of ketones is 2. The van der Waals surface area contributed by atoms with Gasteiger partial charge in [-0.2, -0.15) is 0 Å². The fourth-order valence-electron chi connectivity index (χ4n) is 0.426. The molecule has 6 nitrogen and oxygen atoms in total. The third kappa shape index (κ3) is 22.4. The Morgan fingerprint density at radius 1 is 0.786 bits per heavy atom. The zero-order chi connectivity index (χ0) is 11.7. The molecule has 0 heterocycles. The number of carbonyl (C=O) groups excluding carboxylic acids is 2. The summed E-state index contributed by atoms with van der Waals surface area (Å²) in [5, 5.41) is 15.7. The molecule has 0 rings (SSSR count). The molecule has 0 unspecified atom stereocenters. The maximum Gasteiger partial charge on any atom is 0.310 e. The second kappa shape index (κ2) is 7.90. The van der Waals surface area contributed by atoms with Crippen molar-refractivity contribution in [3.05, 3.63) is 0 Å². The number of aliphatic carboxylic acids is 2. The standard InChI is InChI=1S/2C4H6O3/c2*1-3(5)2-4(6)7/h2*2H2,1H3,(H,6,7). The second-order valence-electron chi connectivity index (χ2n) is 2.55. The van der Waals surface area contributed by atoms with Crippen LogP contribution in [0.2, 0.25) is 0 Å². The van der Waals surface area contributed by atoms with Gasteiger partial charge in [0.25, 0.3) is 0 Å². The Morgan fingerprint density at radius 3 is 1.00 bits per heavy atom. The summed E-state index contributed by atoms with van der Waals surface area (Å²) in [5.74, 6) is -2.75. The van der Waals surface area contributed by atoms with E-state index in [1.807, 2.05) is 0 Å². The summed E-state index contributed by atoms with van der Waals surface area (Å²) in [6.07, 6.45) is -0.722. The van der Waals surface area contributed by atoms with Crippen LogP contribution in [0.1, 0.15) is 26.7 Å². The molecule has 14 heavy (non-hydrogen) atoms. The smallest absolute Gasteiger partial charge is 0.310 e. The summed E-state index contributed by atoms with van der Waals surface area (Å²) in [6, 6.07) is 0. The van der Waals surface area contributed by atoms with Crippen LogP contribution in [0.3, 0.4) is 0 Å². The van der Waals surface area contributed by atoms with E-state index in [0.717, 1.165) is 0 Å². The summed E-state index contributed by atoms with van der Waals surface area (Å²) < 4.78 is 0. The largest absolute Gasteiger partial charge is 0.481 e. The Balaban J connectivity index is 0. The van der Waals surface area contributed by atoms with Crippen molar-refractivity contribution in [3.63, 3.8) is 0 Å². The monoisotopic (exact) mass is 204 g/mol. The molecule has 0 atom stereocenters. The minimum absolute atomic E-state index is 0.312. The molecule has 0 aromatic heterocycles. The van der Waals surface area contributed by atoms with Crippen molar-refractivity contribution in [1.82, 2.24) is 0 Å². The van der Waals surface area contributed by atoms with E-state index in [2.05, 4.69) is 0 Å². The highest BCUT2D eigenvalue weighted by molar-refractivity contribution is 5.93. The number of carboxylic acid groups (broad SMARTS) is 2. The topological polar surface area (TPSA) is 109 Å². The minimum atomic E-state index is -1.06. The van der Waals surface area contributed by atoms with Gasteiger partial charge in [-0.3, -0.25) is 19.2 Å². The van der Waals surface area contributed by atoms with Crippen LogP contribution in [0, 0.1) is 0 Å². The van der Waals surface area contributed by atoms with Crippen molar-refractivity contribution < 1.29 is 29.4 Å². The molecule has 0 saturated heterocycles. The van der Waals surface area contributed by atoms with Gasteiger partial charge in [-0.05, 0) is 13.8 Å². The average molecular weight is 204 g/mol. The molecule has 0 radical (unpaired) electrons. The molecule has 0 amide bonds. The Bertz CT molecular complexity index is 192. The molecule has 0 aliphatic carbocycles. The first-order chi connectivity index (χ1) is 6.25. The van der Waals surface area contributed by atoms with E-state index in [-0.39, 0.29) is 24.4 Å². The first-order valence-corrected chi connectivity index (χ1v) is 3.68. The molecule has 0 spiro atoms. The number of Topliss-reactive ketones (excluding diaryl/α,β-unsaturated/α-hetero) is 2. The molecule has 0 saturated carbocycles. The number of carbonyl (C=O) groups is 4. The fourth-order valence-corrected chi connectivity index (χ4v) is 0.426. The molecule has 2 N–H and O–H groups in total. The third-order valence-electron chi connectivity index (χ3n) is 0.800. The van der Waals surface area contributed by atoms with Crippen molar-refractivity contribution in [1.29, 1.82) is 0 Å². The summed E-state index contributed by atoms with van der Waals surface area (Å²) in [6.45, 7) is 2.49. The Kier molecular flexibility index (Phi) is 8.35. The summed E-state index contributed by atoms with van der Waals surface area (Å²) in [4.78, 5) is 38.9. The van der Waals surface area contributed by atoms with Crippen molar-refractivity contribution >= 4 is 23.5 Å². The molecular formula is C8H12O6. The van der Waals surface area contributed by atoms with Gasteiger partial charge in [0.2, 0.25) is 0 Å². The van der Waals surface area contributed by atoms with E-state index in [1.165, 1.54) is 13.8 Å². The maximum atomic E-state index is 9.87. The molecule has 0 aliphatic heterocycles. The number of carboxylic acids is 2. The third-order valence-corrected chi connectivity index (χ3v) is 0.800. The number of hydrogen-bond donors (Lipinski definition) is 2. The lowest BCUT2D eigenvalue weighted by atomic mass is 10.3.